The molecule has 2 N–H and O–H groups in total. The molecule has 12 aromatic rings. The number of halogens is 1. The molecule has 0 saturated carbocycles. The predicted octanol–water partition coefficient (Wildman–Crippen LogP) is 13.2. The van der Waals surface area contributed by atoms with Gasteiger partial charge in [-0.3, -0.25) is 14.7 Å². The van der Waals surface area contributed by atoms with E-state index in [1.54, 1.807) is 101 Å². The molecular formula is C82H85ClN4O19. The maximum absolute atomic E-state index is 12.9. The lowest BCUT2D eigenvalue weighted by atomic mass is 9.98. The number of aromatic hydroxyl groups is 2. The third kappa shape index (κ3) is 17.7. The standard InChI is InChI=1S/C29H30N2O5.C28H31NO7.C25H24ClNO7/c32-25-9-8-21-22(23-16-19-6-2-3-7-26(19)35-29(23)34)17-27(33)36-28(21)24(25)18-30-14-10-20(11-15-30)31-12-4-1-5-13-31;1-4-13-34-25-10-9-20-21(22-16-19-7-5-6-8-24(19)35-28(22)31)17-26(30)36-27(20)23(25)18-29(11-14-32-2)12-15-33-3;1-31-9-7-27(8-10-32-2)14-20-21(28)5-4-17-18(13-23(29)34-24(17)20)19-12-15-11-16(26)3-6-22(15)33-25(19)30/h2-3,6-9,16-17,20,32H,1,4-5,10-15,18H2;5-10,16-17H,4,11-15,18H2,1-3H3;3-6,11-13,28H,7-10,14H2,1-2H3. The molecule has 6 aromatic carbocycles. The number of ether oxygens (including phenoxy) is 5. The van der Waals surface area contributed by atoms with Crippen molar-refractivity contribution >= 4 is 77.4 Å². The number of nitrogens with zero attached hydrogens (tertiary/aromatic N) is 4. The first-order valence-corrected chi connectivity index (χ1v) is 35.9. The van der Waals surface area contributed by atoms with Gasteiger partial charge < -0.3 is 65.3 Å². The van der Waals surface area contributed by atoms with Crippen LogP contribution in [-0.2, 0) is 38.6 Å². The summed E-state index contributed by atoms with van der Waals surface area (Å²) in [6.45, 7) is 12.5. The Balaban J connectivity index is 0.000000149. The highest BCUT2D eigenvalue weighted by atomic mass is 35.5. The first kappa shape index (κ1) is 75.6. The number of likely N-dealkylation sites (tertiary alicyclic amines) is 2. The van der Waals surface area contributed by atoms with E-state index in [9.17, 15) is 39.0 Å². The molecule has 2 aliphatic heterocycles. The minimum Gasteiger partial charge on any atom is -0.507 e. The fraction of sp³-hybridized carbons (Fsp3) is 0.341. The van der Waals surface area contributed by atoms with E-state index in [4.69, 9.17) is 61.8 Å². The van der Waals surface area contributed by atoms with Crippen molar-refractivity contribution in [2.75, 3.05) is 114 Å². The van der Waals surface area contributed by atoms with Gasteiger partial charge in [0.25, 0.3) is 0 Å². The van der Waals surface area contributed by atoms with E-state index in [1.165, 1.54) is 56.6 Å². The number of hydrogen-bond acceptors (Lipinski definition) is 23. The van der Waals surface area contributed by atoms with Gasteiger partial charge in [0, 0.05) is 153 Å². The maximum Gasteiger partial charge on any atom is 0.344 e. The van der Waals surface area contributed by atoms with Crippen LogP contribution >= 0.6 is 11.6 Å². The van der Waals surface area contributed by atoms with Crippen molar-refractivity contribution in [3.63, 3.8) is 0 Å². The molecule has 14 rings (SSSR count). The van der Waals surface area contributed by atoms with Gasteiger partial charge in [0.2, 0.25) is 0 Å². The number of benzene rings is 6. The number of rotatable bonds is 25. The summed E-state index contributed by atoms with van der Waals surface area (Å²) in [6.07, 6.45) is 6.94. The average Bonchev–Trinajstić information content (AvgIpc) is 0.768. The summed E-state index contributed by atoms with van der Waals surface area (Å²) in [6, 6.07) is 39.3. The van der Waals surface area contributed by atoms with Crippen LogP contribution in [0.4, 0.5) is 0 Å². The Morgan fingerprint density at radius 2 is 0.868 bits per heavy atom. The summed E-state index contributed by atoms with van der Waals surface area (Å²) >= 11 is 6.10. The average molecular weight is 1470 g/mol. The van der Waals surface area contributed by atoms with Crippen LogP contribution in [0.3, 0.4) is 0 Å². The minimum atomic E-state index is -0.653. The highest BCUT2D eigenvalue weighted by Crippen LogP contribution is 2.39. The predicted molar refractivity (Wildman–Crippen MR) is 408 cm³/mol. The monoisotopic (exact) mass is 1460 g/mol. The summed E-state index contributed by atoms with van der Waals surface area (Å²) < 4.78 is 60.4. The third-order valence-electron chi connectivity index (χ3n) is 19.3. The van der Waals surface area contributed by atoms with E-state index in [-0.39, 0.29) is 29.2 Å². The smallest absolute Gasteiger partial charge is 0.344 e. The number of phenolic OH excluding ortho intramolecular Hbond substituents is 2. The Morgan fingerprint density at radius 1 is 0.443 bits per heavy atom. The number of phenols is 2. The topological polar surface area (TPSA) is 281 Å². The van der Waals surface area contributed by atoms with Gasteiger partial charge in [-0.15, -0.1) is 0 Å². The first-order valence-electron chi connectivity index (χ1n) is 35.5. The van der Waals surface area contributed by atoms with Gasteiger partial charge in [-0.25, -0.2) is 28.8 Å². The quantitative estimate of drug-likeness (QED) is 0.0503. The van der Waals surface area contributed by atoms with Gasteiger partial charge in [-0.2, -0.15) is 0 Å². The summed E-state index contributed by atoms with van der Waals surface area (Å²) in [5, 5.41) is 25.8. The molecule has 0 unspecified atom stereocenters. The summed E-state index contributed by atoms with van der Waals surface area (Å²) in [4.78, 5) is 85.7. The van der Waals surface area contributed by atoms with Crippen molar-refractivity contribution in [1.29, 1.82) is 0 Å². The molecule has 554 valence electrons. The largest absolute Gasteiger partial charge is 0.507 e. The van der Waals surface area contributed by atoms with Gasteiger partial charge in [-0.1, -0.05) is 61.3 Å². The molecule has 106 heavy (non-hydrogen) atoms. The van der Waals surface area contributed by atoms with Crippen molar-refractivity contribution in [2.24, 2.45) is 0 Å². The van der Waals surface area contributed by atoms with E-state index in [0.29, 0.717) is 178 Å². The lowest BCUT2D eigenvalue weighted by Gasteiger charge is -2.40. The highest BCUT2D eigenvalue weighted by molar-refractivity contribution is 6.31. The Morgan fingerprint density at radius 3 is 1.35 bits per heavy atom. The maximum atomic E-state index is 12.9. The van der Waals surface area contributed by atoms with E-state index >= 15 is 0 Å². The van der Waals surface area contributed by atoms with Gasteiger partial charge >= 0.3 is 33.8 Å². The van der Waals surface area contributed by atoms with E-state index in [0.717, 1.165) is 48.7 Å². The van der Waals surface area contributed by atoms with Crippen LogP contribution in [0.25, 0.3) is 99.2 Å². The molecule has 24 heteroatoms. The van der Waals surface area contributed by atoms with Crippen molar-refractivity contribution < 1.29 is 60.4 Å². The van der Waals surface area contributed by atoms with E-state index < -0.39 is 33.8 Å². The summed E-state index contributed by atoms with van der Waals surface area (Å²) in [7, 11) is 6.53. The molecular weight excluding hydrogens is 1380 g/mol. The van der Waals surface area contributed by atoms with Crippen molar-refractivity contribution in [3.8, 4) is 50.6 Å². The molecule has 6 aromatic heterocycles. The summed E-state index contributed by atoms with van der Waals surface area (Å²) in [5.41, 5.74) is 2.65. The van der Waals surface area contributed by atoms with E-state index in [2.05, 4.69) is 14.7 Å². The SMILES string of the molecule is CCCOc1ccc2c(-c3cc4ccccc4oc3=O)cc(=O)oc2c1CN(CCOC)CCOC.COCCN(CCOC)Cc1c(O)ccc2c(-c3cc4cc(Cl)ccc4oc3=O)cc(=O)oc12.O=c1cc(-c2cc3ccccc3oc2=O)c2ccc(O)c(CN3CCC(N4CCCCC4)CC3)c2o1. The minimum absolute atomic E-state index is 0.0232. The molecule has 2 aliphatic rings. The molecule has 0 bridgehead atoms. The number of methoxy groups -OCH3 is 4. The molecule has 2 saturated heterocycles. The van der Waals surface area contributed by atoms with Gasteiger partial charge in [-0.05, 0) is 143 Å². The number of piperidine rings is 2. The molecule has 2 fully saturated rings. The molecule has 0 amide bonds. The Bertz CT molecular complexity index is 5460. The van der Waals surface area contributed by atoms with E-state index in [1.807, 2.05) is 54.3 Å². The van der Waals surface area contributed by atoms with Crippen molar-refractivity contribution in [1.82, 2.24) is 19.6 Å². The lowest BCUT2D eigenvalue weighted by Crippen LogP contribution is -2.46. The van der Waals surface area contributed by atoms with Crippen LogP contribution in [-0.4, -0.2) is 150 Å². The zero-order valence-corrected chi connectivity index (χ0v) is 60.7. The Hall–Kier alpha value is -10.1. The second-order valence-electron chi connectivity index (χ2n) is 26.3. The fourth-order valence-corrected chi connectivity index (χ4v) is 14.1. The summed E-state index contributed by atoms with van der Waals surface area (Å²) in [5.74, 6) is 0.700. The third-order valence-corrected chi connectivity index (χ3v) is 19.6. The molecule has 23 nitrogen and oxygen atoms in total. The fourth-order valence-electron chi connectivity index (χ4n) is 13.9. The number of para-hydroxylation sites is 2. The van der Waals surface area contributed by atoms with Crippen LogP contribution < -0.4 is 38.5 Å². The molecule has 8 heterocycles. The van der Waals surface area contributed by atoms with Gasteiger partial charge in [0.1, 0.15) is 50.7 Å². The number of fused-ring (bicyclic) bond motifs is 6. The zero-order chi connectivity index (χ0) is 74.4. The highest BCUT2D eigenvalue weighted by Gasteiger charge is 2.29. The van der Waals surface area contributed by atoms with Gasteiger partial charge in [0.05, 0.1) is 66.4 Å². The van der Waals surface area contributed by atoms with Gasteiger partial charge in [0.15, 0.2) is 0 Å². The molecule has 0 radical (unpaired) electrons. The zero-order valence-electron chi connectivity index (χ0n) is 59.9. The Labute approximate surface area is 613 Å². The van der Waals surface area contributed by atoms with Crippen LogP contribution in [0.5, 0.6) is 17.2 Å². The van der Waals surface area contributed by atoms with Crippen molar-refractivity contribution in [2.45, 2.75) is 71.1 Å². The molecule has 0 atom stereocenters. The molecule has 0 spiro atoms. The van der Waals surface area contributed by atoms with Crippen LogP contribution in [0.2, 0.25) is 5.02 Å². The first-order chi connectivity index (χ1) is 51.5. The Kier molecular flexibility index (Phi) is 25.2. The normalized spacial score (nSPS) is 13.8. The number of hydrogen-bond donors (Lipinski definition) is 2. The second-order valence-corrected chi connectivity index (χ2v) is 26.7. The van der Waals surface area contributed by atoms with Crippen molar-refractivity contribution in [3.05, 3.63) is 224 Å². The van der Waals surface area contributed by atoms with Crippen LogP contribution in [0.1, 0.15) is 62.1 Å². The van der Waals surface area contributed by atoms with Crippen LogP contribution in [0.15, 0.2) is 195 Å². The molecule has 0 aliphatic carbocycles. The van der Waals surface area contributed by atoms with Crippen LogP contribution in [0, 0.1) is 0 Å². The lowest BCUT2D eigenvalue weighted by molar-refractivity contribution is 0.0894. The second kappa shape index (κ2) is 35.4.